The Bertz CT molecular complexity index is 971. The van der Waals surface area contributed by atoms with Gasteiger partial charge in [0.1, 0.15) is 12.1 Å². The summed E-state index contributed by atoms with van der Waals surface area (Å²) in [7, 11) is 0. The van der Waals surface area contributed by atoms with Crippen molar-refractivity contribution in [1.29, 1.82) is 0 Å². The second-order valence-electron chi connectivity index (χ2n) is 13.2. The van der Waals surface area contributed by atoms with Crippen LogP contribution in [0.1, 0.15) is 85.5 Å². The molecule has 0 bridgehead atoms. The van der Waals surface area contributed by atoms with Crippen molar-refractivity contribution in [2.75, 3.05) is 13.2 Å². The van der Waals surface area contributed by atoms with E-state index in [0.717, 1.165) is 51.4 Å². The maximum absolute atomic E-state index is 14.1. The maximum atomic E-state index is 14.1. The lowest BCUT2D eigenvalue weighted by atomic mass is 9.80. The number of piperidine rings is 1. The number of carbonyl (C=O) groups excluding carboxylic acids is 5. The SMILES string of the molecule is CC(C)COC(=O)NC(C(=O)N1C[C@@H]2[C@H](C1C(=O)NC(CC1CCC1)C(=O)C(N)=O)C2(C)C)C1CCCCC1. The summed E-state index contributed by atoms with van der Waals surface area (Å²) < 4.78 is 5.35. The third kappa shape index (κ3) is 6.40. The van der Waals surface area contributed by atoms with E-state index in [2.05, 4.69) is 24.5 Å². The van der Waals surface area contributed by atoms with E-state index in [9.17, 15) is 24.0 Å². The molecule has 39 heavy (non-hydrogen) atoms. The van der Waals surface area contributed by atoms with E-state index in [1.807, 2.05) is 13.8 Å². The van der Waals surface area contributed by atoms with E-state index >= 15 is 0 Å². The normalized spacial score (nSPS) is 27.6. The quantitative estimate of drug-likeness (QED) is 0.339. The fourth-order valence-corrected chi connectivity index (χ4v) is 6.97. The van der Waals surface area contributed by atoms with Crippen LogP contribution in [0.15, 0.2) is 0 Å². The topological polar surface area (TPSA) is 148 Å². The van der Waals surface area contributed by atoms with Gasteiger partial charge in [-0.3, -0.25) is 19.2 Å². The van der Waals surface area contributed by atoms with E-state index in [1.165, 1.54) is 0 Å². The van der Waals surface area contributed by atoms with E-state index in [4.69, 9.17) is 10.5 Å². The van der Waals surface area contributed by atoms with Crippen LogP contribution >= 0.6 is 0 Å². The van der Waals surface area contributed by atoms with Gasteiger partial charge in [-0.2, -0.15) is 0 Å². The molecule has 10 nitrogen and oxygen atoms in total. The molecule has 3 saturated carbocycles. The third-order valence-corrected chi connectivity index (χ3v) is 9.64. The molecule has 0 radical (unpaired) electrons. The number of Topliss-reactive ketones (excluding diaryl/α,β-unsaturated/α-hetero) is 1. The van der Waals surface area contributed by atoms with Gasteiger partial charge >= 0.3 is 6.09 Å². The van der Waals surface area contributed by atoms with Gasteiger partial charge in [0.2, 0.25) is 17.6 Å². The zero-order chi connectivity index (χ0) is 28.5. The molecule has 0 spiro atoms. The lowest BCUT2D eigenvalue weighted by molar-refractivity contribution is -0.144. The minimum Gasteiger partial charge on any atom is -0.449 e. The van der Waals surface area contributed by atoms with Crippen LogP contribution in [0.25, 0.3) is 0 Å². The number of carbonyl (C=O) groups is 5. The zero-order valence-corrected chi connectivity index (χ0v) is 23.9. The predicted octanol–water partition coefficient (Wildman–Crippen LogP) is 2.53. The minimum absolute atomic E-state index is 0.0331. The Balaban J connectivity index is 1.53. The first kappa shape index (κ1) is 29.3. The summed E-state index contributed by atoms with van der Waals surface area (Å²) in [5, 5.41) is 5.66. The van der Waals surface area contributed by atoms with Crippen LogP contribution in [0.3, 0.4) is 0 Å². The van der Waals surface area contributed by atoms with Crippen LogP contribution < -0.4 is 16.4 Å². The molecule has 1 aliphatic heterocycles. The fraction of sp³-hybridized carbons (Fsp3) is 0.828. The Morgan fingerprint density at radius 1 is 0.974 bits per heavy atom. The number of ether oxygens (including phenoxy) is 1. The summed E-state index contributed by atoms with van der Waals surface area (Å²) in [5.74, 6) is -2.08. The molecule has 4 amide bonds. The van der Waals surface area contributed by atoms with Crippen molar-refractivity contribution < 1.29 is 28.7 Å². The number of fused-ring (bicyclic) bond motifs is 1. The van der Waals surface area contributed by atoms with Gasteiger partial charge in [0, 0.05) is 6.54 Å². The second-order valence-corrected chi connectivity index (χ2v) is 13.2. The van der Waals surface area contributed by atoms with Gasteiger partial charge in [-0.25, -0.2) is 4.79 Å². The molecule has 0 aromatic heterocycles. The molecule has 0 aromatic rings. The number of amides is 4. The Morgan fingerprint density at radius 2 is 1.64 bits per heavy atom. The van der Waals surface area contributed by atoms with Gasteiger partial charge in [0.15, 0.2) is 0 Å². The van der Waals surface area contributed by atoms with Crippen molar-refractivity contribution in [3.05, 3.63) is 0 Å². The second kappa shape index (κ2) is 11.8. The van der Waals surface area contributed by atoms with Crippen LogP contribution in [-0.4, -0.2) is 65.8 Å². The Morgan fingerprint density at radius 3 is 2.21 bits per heavy atom. The number of primary amides is 1. The van der Waals surface area contributed by atoms with Crippen molar-refractivity contribution in [3.63, 3.8) is 0 Å². The van der Waals surface area contributed by atoms with E-state index < -0.39 is 41.8 Å². The monoisotopic (exact) mass is 546 g/mol. The number of hydrogen-bond acceptors (Lipinski definition) is 6. The molecule has 3 unspecified atom stereocenters. The molecule has 1 saturated heterocycles. The van der Waals surface area contributed by atoms with Gasteiger partial charge in [-0.15, -0.1) is 0 Å². The number of alkyl carbamates (subject to hydrolysis) is 1. The summed E-state index contributed by atoms with van der Waals surface area (Å²) in [5.41, 5.74) is 5.19. The van der Waals surface area contributed by atoms with Crippen molar-refractivity contribution >= 4 is 29.6 Å². The van der Waals surface area contributed by atoms with Crippen molar-refractivity contribution in [1.82, 2.24) is 15.5 Å². The van der Waals surface area contributed by atoms with Crippen LogP contribution in [-0.2, 0) is 23.9 Å². The van der Waals surface area contributed by atoms with Crippen molar-refractivity contribution in [3.8, 4) is 0 Å². The van der Waals surface area contributed by atoms with Crippen LogP contribution in [0.5, 0.6) is 0 Å². The molecule has 4 rings (SSSR count). The molecule has 218 valence electrons. The maximum Gasteiger partial charge on any atom is 0.407 e. The van der Waals surface area contributed by atoms with Crippen LogP contribution in [0.2, 0.25) is 0 Å². The standard InChI is InChI=1S/C29H46N4O6/c1-16(2)15-39-28(38)32-22(18-11-6-5-7-12-18)27(37)33-14-19-21(29(19,3)4)23(33)26(36)31-20(24(34)25(30)35)13-17-9-8-10-17/h16-23H,5-15H2,1-4H3,(H2,30,35)(H,31,36)(H,32,38)/t19-,20?,21-,22?,23?/m1/s1. The number of ketones is 1. The highest BCUT2D eigenvalue weighted by Crippen LogP contribution is 2.65. The Kier molecular flexibility index (Phi) is 8.91. The predicted molar refractivity (Wildman–Crippen MR) is 144 cm³/mol. The molecular formula is C29H46N4O6. The summed E-state index contributed by atoms with van der Waals surface area (Å²) in [6, 6.07) is -2.54. The first-order valence-corrected chi connectivity index (χ1v) is 14.8. The van der Waals surface area contributed by atoms with Crippen LogP contribution in [0.4, 0.5) is 4.79 Å². The smallest absolute Gasteiger partial charge is 0.407 e. The molecule has 0 aromatic carbocycles. The number of nitrogens with two attached hydrogens (primary N) is 1. The van der Waals surface area contributed by atoms with Crippen LogP contribution in [0, 0.1) is 35.0 Å². The molecule has 1 heterocycles. The fourth-order valence-electron chi connectivity index (χ4n) is 6.97. The van der Waals surface area contributed by atoms with Gasteiger partial charge in [0.25, 0.3) is 5.91 Å². The van der Waals surface area contributed by atoms with Crippen molar-refractivity contribution in [2.45, 2.75) is 104 Å². The number of rotatable bonds is 11. The minimum atomic E-state index is -1.06. The van der Waals surface area contributed by atoms with Gasteiger partial charge in [0.05, 0.1) is 12.6 Å². The molecule has 4 fully saturated rings. The zero-order valence-electron chi connectivity index (χ0n) is 23.9. The van der Waals surface area contributed by atoms with Gasteiger partial charge in [-0.05, 0) is 54.3 Å². The number of nitrogens with one attached hydrogen (secondary N) is 2. The van der Waals surface area contributed by atoms with E-state index in [-0.39, 0.29) is 47.5 Å². The number of hydrogen-bond donors (Lipinski definition) is 3. The Hall–Kier alpha value is -2.65. The average Bonchev–Trinajstić information content (AvgIpc) is 3.19. The number of nitrogens with zero attached hydrogens (tertiary/aromatic N) is 1. The first-order valence-electron chi connectivity index (χ1n) is 14.8. The van der Waals surface area contributed by atoms with Gasteiger partial charge < -0.3 is 26.0 Å². The summed E-state index contributed by atoms with van der Waals surface area (Å²) >= 11 is 0. The van der Waals surface area contributed by atoms with E-state index in [1.54, 1.807) is 4.90 Å². The van der Waals surface area contributed by atoms with E-state index in [0.29, 0.717) is 13.0 Å². The summed E-state index contributed by atoms with van der Waals surface area (Å²) in [4.78, 5) is 66.5. The lowest BCUT2D eigenvalue weighted by Crippen LogP contribution is -2.59. The summed E-state index contributed by atoms with van der Waals surface area (Å²) in [6.45, 7) is 8.73. The third-order valence-electron chi connectivity index (χ3n) is 9.64. The molecule has 4 aliphatic rings. The Labute approximate surface area is 231 Å². The highest BCUT2D eigenvalue weighted by molar-refractivity contribution is 6.37. The van der Waals surface area contributed by atoms with Gasteiger partial charge in [-0.1, -0.05) is 66.2 Å². The molecule has 4 N–H and O–H groups in total. The highest BCUT2D eigenvalue weighted by atomic mass is 16.5. The molecule has 5 atom stereocenters. The highest BCUT2D eigenvalue weighted by Gasteiger charge is 2.69. The summed E-state index contributed by atoms with van der Waals surface area (Å²) in [6.07, 6.45) is 7.42. The molecule has 3 aliphatic carbocycles. The van der Waals surface area contributed by atoms with Crippen molar-refractivity contribution in [2.24, 2.45) is 40.7 Å². The molecular weight excluding hydrogens is 500 g/mol. The average molecular weight is 547 g/mol. The number of likely N-dealkylation sites (tertiary alicyclic amines) is 1. The lowest BCUT2D eigenvalue weighted by Gasteiger charge is -2.37. The largest absolute Gasteiger partial charge is 0.449 e. The molecule has 10 heteroatoms. The first-order chi connectivity index (χ1) is 18.4.